The number of nitrogens with two attached hydrogens (primary N) is 1. The SMILES string of the molecule is COC(C)(C)c1ccc(S(N)(=O)=NC(=O)Nc2c3c(cc4c2CCC4)CCC3)cc1. The zero-order chi connectivity index (χ0) is 21.5. The summed E-state index contributed by atoms with van der Waals surface area (Å²) in [6.45, 7) is 3.88. The molecule has 1 unspecified atom stereocenters. The number of anilines is 1. The number of benzene rings is 2. The van der Waals surface area contributed by atoms with E-state index in [1.807, 2.05) is 13.8 Å². The number of urea groups is 1. The minimum atomic E-state index is -3.35. The minimum Gasteiger partial charge on any atom is -0.374 e. The topological polar surface area (TPSA) is 93.8 Å². The van der Waals surface area contributed by atoms with E-state index >= 15 is 0 Å². The second-order valence-corrected chi connectivity index (χ2v) is 10.4. The quantitative estimate of drug-likeness (QED) is 0.753. The van der Waals surface area contributed by atoms with Gasteiger partial charge in [0.25, 0.3) is 0 Å². The predicted molar refractivity (Wildman–Crippen MR) is 119 cm³/mol. The van der Waals surface area contributed by atoms with Crippen molar-refractivity contribution in [1.82, 2.24) is 0 Å². The predicted octanol–water partition coefficient (Wildman–Crippen LogP) is 4.48. The third-order valence-corrected chi connectivity index (χ3v) is 7.71. The van der Waals surface area contributed by atoms with E-state index in [4.69, 9.17) is 9.88 Å². The van der Waals surface area contributed by atoms with Gasteiger partial charge in [-0.25, -0.2) is 14.1 Å². The molecule has 0 bridgehead atoms. The standard InChI is InChI=1S/C23H29N3O3S/c1-23(2,29-3)17-10-12-18(13-11-17)30(24,28)26-22(27)25-21-19-8-4-6-15(19)14-16-7-5-9-20(16)21/h10-14H,4-9H2,1-3H3,(H3,24,25,26,27,28). The molecule has 2 amide bonds. The Kier molecular flexibility index (Phi) is 5.46. The summed E-state index contributed by atoms with van der Waals surface area (Å²) in [6, 6.07) is 8.54. The van der Waals surface area contributed by atoms with Crippen molar-refractivity contribution in [3.63, 3.8) is 0 Å². The van der Waals surface area contributed by atoms with Crippen molar-refractivity contribution < 1.29 is 13.7 Å². The van der Waals surface area contributed by atoms with Crippen LogP contribution in [-0.4, -0.2) is 17.3 Å². The highest BCUT2D eigenvalue weighted by Crippen LogP contribution is 2.38. The van der Waals surface area contributed by atoms with Crippen molar-refractivity contribution >= 4 is 21.6 Å². The van der Waals surface area contributed by atoms with Crippen LogP contribution in [0.4, 0.5) is 10.5 Å². The van der Waals surface area contributed by atoms with Gasteiger partial charge in [-0.2, -0.15) is 0 Å². The van der Waals surface area contributed by atoms with E-state index in [-0.39, 0.29) is 0 Å². The van der Waals surface area contributed by atoms with E-state index in [9.17, 15) is 9.00 Å². The van der Waals surface area contributed by atoms with E-state index in [0.717, 1.165) is 49.8 Å². The van der Waals surface area contributed by atoms with E-state index in [1.54, 1.807) is 31.4 Å². The fraction of sp³-hybridized carbons (Fsp3) is 0.435. The van der Waals surface area contributed by atoms with Crippen molar-refractivity contribution in [2.24, 2.45) is 9.50 Å². The van der Waals surface area contributed by atoms with E-state index in [2.05, 4.69) is 15.7 Å². The van der Waals surface area contributed by atoms with Gasteiger partial charge in [0.2, 0.25) is 0 Å². The highest BCUT2D eigenvalue weighted by Gasteiger charge is 2.25. The summed E-state index contributed by atoms with van der Waals surface area (Å²) >= 11 is 0. The number of rotatable bonds is 4. The van der Waals surface area contributed by atoms with Crippen molar-refractivity contribution in [2.45, 2.75) is 62.9 Å². The first-order valence-corrected chi connectivity index (χ1v) is 12.0. The summed E-state index contributed by atoms with van der Waals surface area (Å²) in [5, 5.41) is 8.91. The Bertz CT molecular complexity index is 1080. The number of nitrogens with one attached hydrogen (secondary N) is 1. The van der Waals surface area contributed by atoms with Crippen LogP contribution in [0.1, 0.15) is 54.5 Å². The Morgan fingerprint density at radius 3 is 2.17 bits per heavy atom. The number of ether oxygens (including phenoxy) is 1. The molecule has 30 heavy (non-hydrogen) atoms. The zero-order valence-electron chi connectivity index (χ0n) is 17.8. The molecule has 2 aromatic carbocycles. The maximum atomic E-state index is 13.0. The highest BCUT2D eigenvalue weighted by atomic mass is 32.2. The van der Waals surface area contributed by atoms with Gasteiger partial charge in [-0.3, -0.25) is 0 Å². The van der Waals surface area contributed by atoms with Gasteiger partial charge < -0.3 is 10.1 Å². The molecule has 0 aromatic heterocycles. The largest absolute Gasteiger partial charge is 0.374 e. The Balaban J connectivity index is 1.62. The summed E-state index contributed by atoms with van der Waals surface area (Å²) in [5.41, 5.74) is 6.35. The average molecular weight is 428 g/mol. The molecule has 0 heterocycles. The molecule has 0 saturated heterocycles. The molecule has 2 aromatic rings. The Morgan fingerprint density at radius 1 is 1.07 bits per heavy atom. The monoisotopic (exact) mass is 427 g/mol. The Labute approximate surface area is 178 Å². The van der Waals surface area contributed by atoms with E-state index < -0.39 is 21.5 Å². The number of carbonyl (C=O) groups is 1. The number of hydrogen-bond acceptors (Lipinski definition) is 3. The Hall–Kier alpha value is -2.22. The summed E-state index contributed by atoms with van der Waals surface area (Å²) in [7, 11) is -1.72. The maximum absolute atomic E-state index is 13.0. The van der Waals surface area contributed by atoms with Crippen LogP contribution in [0.3, 0.4) is 0 Å². The lowest BCUT2D eigenvalue weighted by Crippen LogP contribution is -2.21. The average Bonchev–Trinajstić information content (AvgIpc) is 3.36. The normalized spacial score (nSPS) is 17.2. The lowest BCUT2D eigenvalue weighted by molar-refractivity contribution is 0.0192. The van der Waals surface area contributed by atoms with E-state index in [0.29, 0.717) is 4.90 Å². The molecule has 0 saturated carbocycles. The number of aryl methyl sites for hydroxylation is 2. The van der Waals surface area contributed by atoms with Crippen LogP contribution in [-0.2, 0) is 45.9 Å². The number of amides is 2. The minimum absolute atomic E-state index is 0.317. The van der Waals surface area contributed by atoms with Crippen LogP contribution in [0.5, 0.6) is 0 Å². The molecule has 4 rings (SSSR count). The molecule has 6 nitrogen and oxygen atoms in total. The highest BCUT2D eigenvalue weighted by molar-refractivity contribution is 7.91. The van der Waals surface area contributed by atoms with Crippen LogP contribution in [0, 0.1) is 0 Å². The third kappa shape index (κ3) is 3.89. The second kappa shape index (κ2) is 7.80. The van der Waals surface area contributed by atoms with Gasteiger partial charge in [-0.15, -0.1) is 4.36 Å². The van der Waals surface area contributed by atoms with Crippen molar-refractivity contribution in [3.05, 3.63) is 58.1 Å². The first-order chi connectivity index (χ1) is 14.2. The van der Waals surface area contributed by atoms with Crippen LogP contribution in [0.25, 0.3) is 0 Å². The number of nitrogens with zero attached hydrogens (tertiary/aromatic N) is 1. The fourth-order valence-corrected chi connectivity index (χ4v) is 5.37. The summed E-state index contributed by atoms with van der Waals surface area (Å²) in [5.74, 6) is 0. The third-order valence-electron chi connectivity index (χ3n) is 6.32. The van der Waals surface area contributed by atoms with Gasteiger partial charge >= 0.3 is 6.03 Å². The number of hydrogen-bond donors (Lipinski definition) is 2. The molecule has 160 valence electrons. The number of methoxy groups -OCH3 is 1. The molecule has 0 radical (unpaired) electrons. The van der Waals surface area contributed by atoms with Crippen molar-refractivity contribution in [2.75, 3.05) is 12.4 Å². The molecule has 0 spiro atoms. The molecule has 0 fully saturated rings. The van der Waals surface area contributed by atoms with Crippen LogP contribution >= 0.6 is 0 Å². The van der Waals surface area contributed by atoms with Gasteiger partial charge in [-0.05, 0) is 92.3 Å². The van der Waals surface area contributed by atoms with Crippen molar-refractivity contribution in [1.29, 1.82) is 0 Å². The number of fused-ring (bicyclic) bond motifs is 2. The summed E-state index contributed by atoms with van der Waals surface area (Å²) < 4.78 is 22.3. The van der Waals surface area contributed by atoms with Gasteiger partial charge in [0, 0.05) is 12.8 Å². The fourth-order valence-electron chi connectivity index (χ4n) is 4.44. The molecule has 2 aliphatic rings. The van der Waals surface area contributed by atoms with Gasteiger partial charge in [0.05, 0.1) is 10.5 Å². The zero-order valence-corrected chi connectivity index (χ0v) is 18.6. The van der Waals surface area contributed by atoms with Gasteiger partial charge in [0.1, 0.15) is 9.92 Å². The molecule has 2 aliphatic carbocycles. The molecule has 0 aliphatic heterocycles. The molecular formula is C23H29N3O3S. The molecule has 1 atom stereocenters. The summed E-state index contributed by atoms with van der Waals surface area (Å²) in [6.07, 6.45) is 6.17. The van der Waals surface area contributed by atoms with Gasteiger partial charge in [0.15, 0.2) is 0 Å². The first kappa shape index (κ1) is 21.0. The smallest absolute Gasteiger partial charge is 0.354 e. The maximum Gasteiger partial charge on any atom is 0.354 e. The summed E-state index contributed by atoms with van der Waals surface area (Å²) in [4.78, 5) is 13.0. The second-order valence-electron chi connectivity index (χ2n) is 8.56. The van der Waals surface area contributed by atoms with Crippen LogP contribution in [0.2, 0.25) is 0 Å². The van der Waals surface area contributed by atoms with Crippen LogP contribution < -0.4 is 10.5 Å². The lowest BCUT2D eigenvalue weighted by Gasteiger charge is -2.23. The Morgan fingerprint density at radius 2 is 1.63 bits per heavy atom. The van der Waals surface area contributed by atoms with E-state index in [1.165, 1.54) is 22.3 Å². The molecule has 7 heteroatoms. The van der Waals surface area contributed by atoms with Gasteiger partial charge in [-0.1, -0.05) is 18.2 Å². The number of carbonyl (C=O) groups excluding carboxylic acids is 1. The molecular weight excluding hydrogens is 398 g/mol. The molecule has 3 N–H and O–H groups in total. The lowest BCUT2D eigenvalue weighted by atomic mass is 9.98. The van der Waals surface area contributed by atoms with Crippen LogP contribution in [0.15, 0.2) is 39.6 Å². The first-order valence-electron chi connectivity index (χ1n) is 10.4. The van der Waals surface area contributed by atoms with Crippen molar-refractivity contribution in [3.8, 4) is 0 Å².